The second-order valence-corrected chi connectivity index (χ2v) is 3.69. The van der Waals surface area contributed by atoms with Crippen LogP contribution in [-0.2, 0) is 17.6 Å². The first kappa shape index (κ1) is 6.19. The minimum atomic E-state index is -0.840. The third-order valence-electron chi connectivity index (χ3n) is 1.57. The van der Waals surface area contributed by atoms with Crippen molar-refractivity contribution in [1.29, 1.82) is 0 Å². The number of aryl methyl sites for hydroxylation is 1. The lowest BCUT2D eigenvalue weighted by atomic mass is 10.2. The summed E-state index contributed by atoms with van der Waals surface area (Å²) in [4.78, 5) is 3.92. The molecule has 0 spiro atoms. The zero-order chi connectivity index (χ0) is 6.97. The minimum Gasteiger partial charge on any atom is -0.610 e. The van der Waals surface area contributed by atoms with Crippen molar-refractivity contribution in [1.82, 2.24) is 4.98 Å². The highest BCUT2D eigenvalue weighted by Crippen LogP contribution is 2.21. The molecule has 1 aliphatic heterocycles. The molecule has 2 rings (SSSR count). The molecule has 0 amide bonds. The molecular formula is C7H6NOS. The largest absolute Gasteiger partial charge is 0.610 e. The Kier molecular flexibility index (Phi) is 1.39. The molecule has 10 heavy (non-hydrogen) atoms. The average molecular weight is 152 g/mol. The number of hydrogen-bond acceptors (Lipinski definition) is 2. The Morgan fingerprint density at radius 2 is 2.60 bits per heavy atom. The van der Waals surface area contributed by atoms with Gasteiger partial charge in [0.25, 0.3) is 0 Å². The van der Waals surface area contributed by atoms with E-state index in [9.17, 15) is 4.55 Å². The smallest absolute Gasteiger partial charge is 0.248 e. The van der Waals surface area contributed by atoms with Gasteiger partial charge in [0.15, 0.2) is 0 Å². The predicted molar refractivity (Wildman–Crippen MR) is 38.1 cm³/mol. The Balaban J connectivity index is 2.51. The van der Waals surface area contributed by atoms with Crippen molar-refractivity contribution < 1.29 is 4.55 Å². The number of pyridine rings is 1. The van der Waals surface area contributed by atoms with Gasteiger partial charge in [-0.25, -0.2) is 4.98 Å². The highest BCUT2D eigenvalue weighted by atomic mass is 32.2. The predicted octanol–water partition coefficient (Wildman–Crippen LogP) is 0.545. The zero-order valence-corrected chi connectivity index (χ0v) is 6.15. The van der Waals surface area contributed by atoms with E-state index in [1.54, 1.807) is 6.07 Å². The molecule has 2 nitrogen and oxygen atoms in total. The van der Waals surface area contributed by atoms with Gasteiger partial charge in [-0.1, -0.05) is 0 Å². The van der Waals surface area contributed by atoms with Crippen LogP contribution < -0.4 is 0 Å². The maximum absolute atomic E-state index is 11.1. The van der Waals surface area contributed by atoms with Crippen LogP contribution in [0.5, 0.6) is 0 Å². The highest BCUT2D eigenvalue weighted by molar-refractivity contribution is 7.91. The van der Waals surface area contributed by atoms with Gasteiger partial charge in [-0.05, 0) is 12.1 Å². The quantitative estimate of drug-likeness (QED) is 0.509. The van der Waals surface area contributed by atoms with Gasteiger partial charge in [-0.15, -0.1) is 0 Å². The molecule has 2 heterocycles. The minimum absolute atomic E-state index is 0.736. The van der Waals surface area contributed by atoms with Crippen LogP contribution in [-0.4, -0.2) is 15.3 Å². The normalized spacial score (nSPS) is 22.7. The van der Waals surface area contributed by atoms with Gasteiger partial charge in [0.05, 0.1) is 6.20 Å². The van der Waals surface area contributed by atoms with Gasteiger partial charge in [0, 0.05) is 23.2 Å². The molecule has 0 saturated carbocycles. The highest BCUT2D eigenvalue weighted by Gasteiger charge is 2.24. The van der Waals surface area contributed by atoms with Crippen molar-refractivity contribution in [2.45, 2.75) is 11.4 Å². The van der Waals surface area contributed by atoms with Crippen molar-refractivity contribution in [2.24, 2.45) is 0 Å². The molecule has 0 aliphatic carbocycles. The van der Waals surface area contributed by atoms with Gasteiger partial charge >= 0.3 is 0 Å². The topological polar surface area (TPSA) is 36.0 Å². The number of rotatable bonds is 0. The second-order valence-electron chi connectivity index (χ2n) is 2.20. The van der Waals surface area contributed by atoms with E-state index in [-0.39, 0.29) is 0 Å². The maximum Gasteiger partial charge on any atom is 0.248 e. The molecule has 1 atom stereocenters. The third kappa shape index (κ3) is 0.822. The van der Waals surface area contributed by atoms with Crippen LogP contribution in [0.1, 0.15) is 5.56 Å². The molecule has 1 aliphatic rings. The first-order chi connectivity index (χ1) is 4.88. The van der Waals surface area contributed by atoms with Gasteiger partial charge in [0.1, 0.15) is 5.75 Å². The molecule has 0 saturated heterocycles. The standard InChI is InChI=1S/C7H6NOS/c9-10-5-3-6-2-1-4-8-7(6)10/h1-2H,3,5H2. The van der Waals surface area contributed by atoms with Crippen LogP contribution in [0.4, 0.5) is 0 Å². The van der Waals surface area contributed by atoms with Gasteiger partial charge in [-0.2, -0.15) is 0 Å². The van der Waals surface area contributed by atoms with Gasteiger partial charge < -0.3 is 4.55 Å². The SMILES string of the molecule is [O-][S+]1CCc2cc[c]nc21. The van der Waals surface area contributed by atoms with E-state index in [0.29, 0.717) is 0 Å². The molecular weight excluding hydrogens is 146 g/mol. The number of hydrogen-bond donors (Lipinski definition) is 0. The summed E-state index contributed by atoms with van der Waals surface area (Å²) in [5, 5.41) is 0.738. The van der Waals surface area contributed by atoms with E-state index in [0.717, 1.165) is 22.8 Å². The summed E-state index contributed by atoms with van der Waals surface area (Å²) in [6, 6.07) is 3.70. The van der Waals surface area contributed by atoms with Crippen LogP contribution >= 0.6 is 0 Å². The summed E-state index contributed by atoms with van der Waals surface area (Å²) >= 11 is -0.840. The molecule has 0 fully saturated rings. The molecule has 1 radical (unpaired) electrons. The van der Waals surface area contributed by atoms with Gasteiger partial charge in [0.2, 0.25) is 5.03 Å². The zero-order valence-electron chi connectivity index (χ0n) is 5.33. The second kappa shape index (κ2) is 2.25. The Morgan fingerprint density at radius 3 is 3.40 bits per heavy atom. The van der Waals surface area contributed by atoms with Crippen LogP contribution in [0.2, 0.25) is 0 Å². The fourth-order valence-corrected chi connectivity index (χ4v) is 2.28. The van der Waals surface area contributed by atoms with Crippen molar-refractivity contribution in [2.75, 3.05) is 5.75 Å². The van der Waals surface area contributed by atoms with Crippen LogP contribution in [0, 0.1) is 6.20 Å². The Morgan fingerprint density at radius 1 is 1.70 bits per heavy atom. The summed E-state index contributed by atoms with van der Waals surface area (Å²) in [7, 11) is 0. The van der Waals surface area contributed by atoms with Crippen molar-refractivity contribution in [3.63, 3.8) is 0 Å². The first-order valence-electron chi connectivity index (χ1n) is 3.12. The maximum atomic E-state index is 11.1. The molecule has 0 N–H and O–H groups in total. The van der Waals surface area contributed by atoms with E-state index in [1.165, 1.54) is 0 Å². The number of aromatic nitrogens is 1. The lowest BCUT2D eigenvalue weighted by Crippen LogP contribution is -2.00. The number of nitrogens with zero attached hydrogens (tertiary/aromatic N) is 1. The molecule has 0 aromatic carbocycles. The molecule has 1 aromatic heterocycles. The van der Waals surface area contributed by atoms with E-state index in [2.05, 4.69) is 11.2 Å². The molecule has 0 bridgehead atoms. The Hall–Kier alpha value is -0.540. The summed E-state index contributed by atoms with van der Waals surface area (Å²) in [5.41, 5.74) is 1.12. The Labute approximate surface area is 62.5 Å². The number of fused-ring (bicyclic) bond motifs is 1. The van der Waals surface area contributed by atoms with Crippen molar-refractivity contribution >= 4 is 11.2 Å². The molecule has 3 heteroatoms. The fourth-order valence-electron chi connectivity index (χ4n) is 1.06. The molecule has 1 unspecified atom stereocenters. The Bertz CT molecular complexity index is 251. The third-order valence-corrected chi connectivity index (χ3v) is 2.93. The summed E-state index contributed by atoms with van der Waals surface area (Å²) < 4.78 is 11.1. The molecule has 51 valence electrons. The molecule has 1 aromatic rings. The van der Waals surface area contributed by atoms with E-state index in [1.807, 2.05) is 6.07 Å². The first-order valence-corrected chi connectivity index (χ1v) is 4.44. The average Bonchev–Trinajstić information content (AvgIpc) is 2.34. The van der Waals surface area contributed by atoms with Gasteiger partial charge in [-0.3, -0.25) is 0 Å². The fraction of sp³-hybridized carbons (Fsp3) is 0.286. The van der Waals surface area contributed by atoms with E-state index in [4.69, 9.17) is 0 Å². The monoisotopic (exact) mass is 152 g/mol. The summed E-state index contributed by atoms with van der Waals surface area (Å²) in [6.45, 7) is 0. The van der Waals surface area contributed by atoms with Crippen molar-refractivity contribution in [3.8, 4) is 0 Å². The van der Waals surface area contributed by atoms with E-state index >= 15 is 0 Å². The van der Waals surface area contributed by atoms with Crippen LogP contribution in [0.25, 0.3) is 0 Å². The van der Waals surface area contributed by atoms with Crippen LogP contribution in [0.3, 0.4) is 0 Å². The lowest BCUT2D eigenvalue weighted by Gasteiger charge is -1.98. The summed E-state index contributed by atoms with van der Waals surface area (Å²) in [5.74, 6) is 0.736. The summed E-state index contributed by atoms with van der Waals surface area (Å²) in [6.07, 6.45) is 3.59. The van der Waals surface area contributed by atoms with E-state index < -0.39 is 11.2 Å². The lowest BCUT2D eigenvalue weighted by molar-refractivity contribution is 0.596. The van der Waals surface area contributed by atoms with Crippen molar-refractivity contribution in [3.05, 3.63) is 23.9 Å². The van der Waals surface area contributed by atoms with Crippen LogP contribution in [0.15, 0.2) is 17.2 Å².